The van der Waals surface area contributed by atoms with Crippen molar-refractivity contribution in [2.24, 2.45) is 5.92 Å². The highest BCUT2D eigenvalue weighted by molar-refractivity contribution is 8.00. The lowest BCUT2D eigenvalue weighted by Gasteiger charge is -2.48. The van der Waals surface area contributed by atoms with Gasteiger partial charge in [-0.15, -0.1) is 11.8 Å². The second kappa shape index (κ2) is 4.95. The lowest BCUT2D eigenvalue weighted by Crippen LogP contribution is -2.61. The van der Waals surface area contributed by atoms with Gasteiger partial charge in [-0.05, 0) is 11.4 Å². The fourth-order valence-corrected chi connectivity index (χ4v) is 4.00. The van der Waals surface area contributed by atoms with Crippen LogP contribution in [0.3, 0.4) is 0 Å². The summed E-state index contributed by atoms with van der Waals surface area (Å²) in [4.78, 5) is 32.9. The van der Waals surface area contributed by atoms with Crippen molar-refractivity contribution >= 4 is 46.8 Å². The Hall–Kier alpha value is -1.80. The van der Waals surface area contributed by atoms with E-state index in [1.165, 1.54) is 22.0 Å². The molecule has 0 spiro atoms. The summed E-state index contributed by atoms with van der Waals surface area (Å²) in [5, 5.41) is 10.6. The van der Waals surface area contributed by atoms with Crippen molar-refractivity contribution in [2.75, 3.05) is 5.75 Å². The first-order valence-electron chi connectivity index (χ1n) is 5.79. The van der Waals surface area contributed by atoms with Gasteiger partial charge in [0.25, 0.3) is 0 Å². The van der Waals surface area contributed by atoms with E-state index in [0.29, 0.717) is 17.2 Å². The van der Waals surface area contributed by atoms with Crippen molar-refractivity contribution in [3.63, 3.8) is 0 Å². The van der Waals surface area contributed by atoms with E-state index < -0.39 is 5.97 Å². The predicted octanol–water partition coefficient (Wildman–Crippen LogP) is 0.803. The number of aliphatic carboxylic acids is 1. The highest BCUT2D eigenvalue weighted by Gasteiger charge is 2.52. The van der Waals surface area contributed by atoms with Gasteiger partial charge < -0.3 is 5.11 Å². The van der Waals surface area contributed by atoms with Crippen LogP contribution in [0.25, 0.3) is 5.57 Å². The summed E-state index contributed by atoms with van der Waals surface area (Å²) >= 11 is 6.30. The number of aromatic nitrogens is 2. The van der Waals surface area contributed by atoms with Gasteiger partial charge in [-0.3, -0.25) is 9.69 Å². The van der Waals surface area contributed by atoms with Crippen LogP contribution in [0.1, 0.15) is 5.82 Å². The van der Waals surface area contributed by atoms with Crippen LogP contribution in [-0.2, 0) is 9.59 Å². The molecule has 0 saturated carbocycles. The Morgan fingerprint density at radius 3 is 2.80 bits per heavy atom. The molecule has 1 aromatic rings. The summed E-state index contributed by atoms with van der Waals surface area (Å²) in [6.07, 6.45) is 3.09. The van der Waals surface area contributed by atoms with Crippen LogP contribution < -0.4 is 0 Å². The molecular weight excluding hydrogens is 298 g/mol. The van der Waals surface area contributed by atoms with Gasteiger partial charge in [-0.25, -0.2) is 14.8 Å². The van der Waals surface area contributed by atoms with Crippen LogP contribution in [0.2, 0.25) is 0 Å². The predicted molar refractivity (Wildman–Crippen MR) is 76.8 cm³/mol. The number of nitrogens with zero attached hydrogens (tertiary/aromatic N) is 3. The maximum absolute atomic E-state index is 12.0. The smallest absolute Gasteiger partial charge is 0.353 e. The van der Waals surface area contributed by atoms with Crippen molar-refractivity contribution < 1.29 is 14.7 Å². The standard InChI is InChI=1S/C12H9N3O3S2/c16-10-6(4-19)11-15(10)8(12(17)18)7(5-20-11)9-13-2-1-3-14-9/h1-4,6,11H,5H2,(H,17,18)/t6?,11-/m0/s1. The third kappa shape index (κ3) is 1.83. The molecular formula is C12H9N3O3S2. The molecule has 0 bridgehead atoms. The number of thioether (sulfide) groups is 1. The van der Waals surface area contributed by atoms with Crippen molar-refractivity contribution in [3.05, 3.63) is 30.0 Å². The van der Waals surface area contributed by atoms with Gasteiger partial charge in [0, 0.05) is 23.7 Å². The van der Waals surface area contributed by atoms with Gasteiger partial charge in [0.05, 0.1) is 11.3 Å². The highest BCUT2D eigenvalue weighted by Crippen LogP contribution is 2.44. The Morgan fingerprint density at radius 2 is 2.20 bits per heavy atom. The van der Waals surface area contributed by atoms with Crippen LogP contribution in [0.4, 0.5) is 0 Å². The van der Waals surface area contributed by atoms with E-state index in [9.17, 15) is 14.7 Å². The minimum absolute atomic E-state index is 0.0296. The summed E-state index contributed by atoms with van der Waals surface area (Å²) in [5.41, 5.74) is 0.438. The molecule has 3 heterocycles. The first-order valence-corrected chi connectivity index (χ1v) is 7.31. The molecule has 1 aromatic heterocycles. The topological polar surface area (TPSA) is 83.4 Å². The first-order chi connectivity index (χ1) is 9.65. The van der Waals surface area contributed by atoms with E-state index in [2.05, 4.69) is 9.97 Å². The summed E-state index contributed by atoms with van der Waals surface area (Å²) in [6, 6.07) is 1.65. The van der Waals surface area contributed by atoms with Crippen molar-refractivity contribution in [3.8, 4) is 0 Å². The minimum atomic E-state index is -1.14. The monoisotopic (exact) mass is 307 g/mol. The second-order valence-corrected chi connectivity index (χ2v) is 5.65. The largest absolute Gasteiger partial charge is 0.477 e. The van der Waals surface area contributed by atoms with Gasteiger partial charge in [0.15, 0.2) is 5.82 Å². The Labute approximate surface area is 123 Å². The van der Waals surface area contributed by atoms with E-state index in [1.54, 1.807) is 18.5 Å². The quantitative estimate of drug-likeness (QED) is 0.653. The van der Waals surface area contributed by atoms with Crippen LogP contribution in [-0.4, -0.2) is 48.3 Å². The summed E-state index contributed by atoms with van der Waals surface area (Å²) in [5.74, 6) is -1.02. The maximum atomic E-state index is 12.0. The molecule has 2 aliphatic heterocycles. The van der Waals surface area contributed by atoms with Crippen molar-refractivity contribution in [2.45, 2.75) is 5.37 Å². The Balaban J connectivity index is 2.08. The number of fused-ring (bicyclic) bond motifs is 1. The highest BCUT2D eigenvalue weighted by atomic mass is 32.2. The maximum Gasteiger partial charge on any atom is 0.353 e. The molecule has 20 heavy (non-hydrogen) atoms. The molecule has 1 saturated heterocycles. The van der Waals surface area contributed by atoms with E-state index in [-0.39, 0.29) is 22.9 Å². The molecule has 6 nitrogen and oxygen atoms in total. The zero-order chi connectivity index (χ0) is 14.3. The first kappa shape index (κ1) is 13.2. The van der Waals surface area contributed by atoms with Crippen LogP contribution in [0, 0.1) is 5.92 Å². The van der Waals surface area contributed by atoms with Crippen molar-refractivity contribution in [1.29, 1.82) is 0 Å². The average molecular weight is 307 g/mol. The van der Waals surface area contributed by atoms with E-state index in [0.717, 1.165) is 0 Å². The molecule has 3 rings (SSSR count). The summed E-state index contributed by atoms with van der Waals surface area (Å²) in [7, 11) is 0. The van der Waals surface area contributed by atoms with Crippen molar-refractivity contribution in [1.82, 2.24) is 14.9 Å². The molecule has 1 fully saturated rings. The lowest BCUT2D eigenvalue weighted by atomic mass is 9.97. The van der Waals surface area contributed by atoms with Gasteiger partial charge >= 0.3 is 5.97 Å². The Kier molecular flexibility index (Phi) is 3.27. The summed E-state index contributed by atoms with van der Waals surface area (Å²) in [6.45, 7) is 0. The summed E-state index contributed by atoms with van der Waals surface area (Å²) < 4.78 is 0. The molecule has 2 atom stereocenters. The lowest BCUT2D eigenvalue weighted by molar-refractivity contribution is -0.148. The molecule has 2 aliphatic rings. The molecule has 8 heteroatoms. The minimum Gasteiger partial charge on any atom is -0.477 e. The fraction of sp³-hybridized carbons (Fsp3) is 0.250. The number of β-lactam (4-membered cyclic amide) rings is 1. The zero-order valence-electron chi connectivity index (χ0n) is 10.1. The SMILES string of the molecule is O=C(O)C1=C(c2ncccn2)CS[C@H]2C(C=S)C(=O)N12. The van der Waals surface area contributed by atoms with Gasteiger partial charge in [0.2, 0.25) is 5.91 Å². The third-order valence-electron chi connectivity index (χ3n) is 3.19. The molecule has 0 aliphatic carbocycles. The number of hydrogen-bond donors (Lipinski definition) is 1. The number of carboxylic acid groups (broad SMARTS) is 1. The Morgan fingerprint density at radius 1 is 1.50 bits per heavy atom. The van der Waals surface area contributed by atoms with Crippen LogP contribution in [0.15, 0.2) is 24.2 Å². The fourth-order valence-electron chi connectivity index (χ4n) is 2.27. The van der Waals surface area contributed by atoms with E-state index in [4.69, 9.17) is 12.2 Å². The van der Waals surface area contributed by atoms with Gasteiger partial charge in [0.1, 0.15) is 5.70 Å². The molecule has 102 valence electrons. The molecule has 1 unspecified atom stereocenters. The molecule has 0 aromatic carbocycles. The van der Waals surface area contributed by atoms with Crippen LogP contribution >= 0.6 is 24.0 Å². The molecule has 1 N–H and O–H groups in total. The normalized spacial score (nSPS) is 25.0. The van der Waals surface area contributed by atoms with E-state index >= 15 is 0 Å². The van der Waals surface area contributed by atoms with Crippen LogP contribution in [0.5, 0.6) is 0 Å². The van der Waals surface area contributed by atoms with Gasteiger partial charge in [-0.2, -0.15) is 0 Å². The second-order valence-electron chi connectivity index (χ2n) is 4.28. The molecule has 1 amide bonds. The number of carbonyl (C=O) groups excluding carboxylic acids is 1. The van der Waals surface area contributed by atoms with E-state index in [1.807, 2.05) is 0 Å². The average Bonchev–Trinajstić information content (AvgIpc) is 2.47. The number of rotatable bonds is 3. The molecule has 0 radical (unpaired) electrons. The number of carbonyl (C=O) groups is 2. The number of carboxylic acids is 1. The number of hydrogen-bond acceptors (Lipinski definition) is 6. The zero-order valence-corrected chi connectivity index (χ0v) is 11.7. The Bertz CT molecular complexity index is 632. The van der Waals surface area contributed by atoms with Gasteiger partial charge in [-0.1, -0.05) is 12.2 Å². The number of amides is 1. The third-order valence-corrected chi connectivity index (χ3v) is 4.79. The number of thiocarbonyl (C=S) groups is 1.